The summed E-state index contributed by atoms with van der Waals surface area (Å²) in [7, 11) is 0. The van der Waals surface area contributed by atoms with Gasteiger partial charge in [-0.25, -0.2) is 0 Å². The van der Waals surface area contributed by atoms with Crippen LogP contribution in [0.4, 0.5) is 5.69 Å². The zero-order valence-electron chi connectivity index (χ0n) is 19.5. The molecule has 0 aliphatic carbocycles. The van der Waals surface area contributed by atoms with E-state index in [0.29, 0.717) is 17.9 Å². The van der Waals surface area contributed by atoms with Crippen LogP contribution < -0.4 is 10.7 Å². The van der Waals surface area contributed by atoms with E-state index in [4.69, 9.17) is 0 Å². The van der Waals surface area contributed by atoms with E-state index in [9.17, 15) is 9.59 Å². The van der Waals surface area contributed by atoms with Crippen LogP contribution in [0.2, 0.25) is 0 Å². The molecular formula is C29H28N2O2. The van der Waals surface area contributed by atoms with Crippen LogP contribution in [-0.4, -0.2) is 10.5 Å². The summed E-state index contributed by atoms with van der Waals surface area (Å²) in [5.41, 5.74) is 7.15. The summed E-state index contributed by atoms with van der Waals surface area (Å²) in [4.78, 5) is 26.7. The lowest BCUT2D eigenvalue weighted by Crippen LogP contribution is -2.27. The molecule has 0 bridgehead atoms. The van der Waals surface area contributed by atoms with Crippen molar-refractivity contribution in [3.05, 3.63) is 123 Å². The van der Waals surface area contributed by atoms with Crippen LogP contribution in [-0.2, 0) is 6.54 Å². The standard InChI is InChI=1S/C29H28N2O2/c1-19-12-14-23(15-13-19)18-31-22(4)17-26(32)27(28(31)24-10-7-8-20(2)16-24)29(33)30-25-11-6-5-9-21(25)3/h5-17H,18H2,1-4H3,(H,30,33). The summed E-state index contributed by atoms with van der Waals surface area (Å²) in [5, 5.41) is 2.96. The minimum atomic E-state index is -0.400. The van der Waals surface area contributed by atoms with E-state index in [-0.39, 0.29) is 11.0 Å². The van der Waals surface area contributed by atoms with Gasteiger partial charge in [0.25, 0.3) is 5.91 Å². The van der Waals surface area contributed by atoms with E-state index < -0.39 is 5.91 Å². The Morgan fingerprint density at radius 2 is 1.55 bits per heavy atom. The number of rotatable bonds is 5. The molecule has 33 heavy (non-hydrogen) atoms. The van der Waals surface area contributed by atoms with E-state index in [1.165, 1.54) is 5.56 Å². The minimum Gasteiger partial charge on any atom is -0.340 e. The predicted octanol–water partition coefficient (Wildman–Crippen LogP) is 6.05. The van der Waals surface area contributed by atoms with Gasteiger partial charge in [0.2, 0.25) is 0 Å². The molecule has 0 saturated heterocycles. The second-order valence-corrected chi connectivity index (χ2v) is 8.58. The maximum atomic E-state index is 13.5. The average Bonchev–Trinajstić information content (AvgIpc) is 2.78. The maximum Gasteiger partial charge on any atom is 0.261 e. The number of carbonyl (C=O) groups excluding carboxylic acids is 1. The number of para-hydroxylation sites is 1. The van der Waals surface area contributed by atoms with Crippen molar-refractivity contribution in [3.63, 3.8) is 0 Å². The van der Waals surface area contributed by atoms with Crippen LogP contribution in [0.25, 0.3) is 11.3 Å². The number of aryl methyl sites for hydroxylation is 4. The molecule has 0 radical (unpaired) electrons. The normalized spacial score (nSPS) is 10.8. The lowest BCUT2D eigenvalue weighted by molar-refractivity contribution is 0.102. The molecule has 0 aliphatic heterocycles. The second kappa shape index (κ2) is 9.29. The third-order valence-corrected chi connectivity index (χ3v) is 5.89. The van der Waals surface area contributed by atoms with Gasteiger partial charge >= 0.3 is 0 Å². The van der Waals surface area contributed by atoms with E-state index >= 15 is 0 Å². The molecule has 0 spiro atoms. The van der Waals surface area contributed by atoms with Gasteiger partial charge in [-0.1, -0.05) is 71.8 Å². The van der Waals surface area contributed by atoms with Crippen molar-refractivity contribution in [2.24, 2.45) is 0 Å². The van der Waals surface area contributed by atoms with Crippen molar-refractivity contribution >= 4 is 11.6 Å². The summed E-state index contributed by atoms with van der Waals surface area (Å²) in [6, 6.07) is 25.4. The number of nitrogens with one attached hydrogen (secondary N) is 1. The van der Waals surface area contributed by atoms with Crippen molar-refractivity contribution in [3.8, 4) is 11.3 Å². The minimum absolute atomic E-state index is 0.154. The van der Waals surface area contributed by atoms with Gasteiger partial charge in [-0.05, 0) is 56.5 Å². The van der Waals surface area contributed by atoms with Crippen LogP contribution in [0, 0.1) is 27.7 Å². The summed E-state index contributed by atoms with van der Waals surface area (Å²) in [6.45, 7) is 8.47. The first-order chi connectivity index (χ1) is 15.8. The van der Waals surface area contributed by atoms with Crippen molar-refractivity contribution in [1.29, 1.82) is 0 Å². The summed E-state index contributed by atoms with van der Waals surface area (Å²) in [5.74, 6) is -0.400. The molecule has 0 fully saturated rings. The van der Waals surface area contributed by atoms with E-state index in [1.807, 2.05) is 69.3 Å². The molecule has 1 N–H and O–H groups in total. The Morgan fingerprint density at radius 3 is 2.24 bits per heavy atom. The largest absolute Gasteiger partial charge is 0.340 e. The topological polar surface area (TPSA) is 51.1 Å². The number of carbonyl (C=O) groups is 1. The monoisotopic (exact) mass is 436 g/mol. The number of pyridine rings is 1. The Bertz CT molecular complexity index is 1380. The van der Waals surface area contributed by atoms with Gasteiger partial charge in [-0.3, -0.25) is 9.59 Å². The maximum absolute atomic E-state index is 13.5. The van der Waals surface area contributed by atoms with Crippen LogP contribution in [0.5, 0.6) is 0 Å². The zero-order chi connectivity index (χ0) is 23.5. The number of benzene rings is 3. The first-order valence-corrected chi connectivity index (χ1v) is 11.1. The Labute approximate surface area is 194 Å². The number of nitrogens with zero attached hydrogens (tertiary/aromatic N) is 1. The fraction of sp³-hybridized carbons (Fsp3) is 0.172. The third-order valence-electron chi connectivity index (χ3n) is 5.89. The Balaban J connectivity index is 1.91. The van der Waals surface area contributed by atoms with Gasteiger partial charge in [0.05, 0.1) is 5.69 Å². The molecular weight excluding hydrogens is 408 g/mol. The fourth-order valence-electron chi connectivity index (χ4n) is 4.06. The van der Waals surface area contributed by atoms with Gasteiger partial charge in [0.15, 0.2) is 5.43 Å². The molecule has 3 aromatic carbocycles. The van der Waals surface area contributed by atoms with Crippen molar-refractivity contribution in [2.45, 2.75) is 34.2 Å². The van der Waals surface area contributed by atoms with Gasteiger partial charge < -0.3 is 9.88 Å². The van der Waals surface area contributed by atoms with Crippen LogP contribution in [0.3, 0.4) is 0 Å². The second-order valence-electron chi connectivity index (χ2n) is 8.58. The highest BCUT2D eigenvalue weighted by atomic mass is 16.2. The lowest BCUT2D eigenvalue weighted by atomic mass is 10.0. The Kier molecular flexibility index (Phi) is 6.27. The number of amides is 1. The molecule has 1 heterocycles. The molecule has 4 rings (SSSR count). The summed E-state index contributed by atoms with van der Waals surface area (Å²) in [6.07, 6.45) is 0. The van der Waals surface area contributed by atoms with Gasteiger partial charge in [0.1, 0.15) is 5.56 Å². The van der Waals surface area contributed by atoms with Crippen molar-refractivity contribution in [2.75, 3.05) is 5.32 Å². The molecule has 0 atom stereocenters. The highest BCUT2D eigenvalue weighted by Gasteiger charge is 2.22. The van der Waals surface area contributed by atoms with Gasteiger partial charge in [-0.15, -0.1) is 0 Å². The SMILES string of the molecule is Cc1ccc(Cn2c(C)cc(=O)c(C(=O)Nc3ccccc3C)c2-c2cccc(C)c2)cc1. The van der Waals surface area contributed by atoms with Crippen LogP contribution in [0.1, 0.15) is 38.3 Å². The lowest BCUT2D eigenvalue weighted by Gasteiger charge is -2.21. The first kappa shape index (κ1) is 22.3. The van der Waals surface area contributed by atoms with Crippen molar-refractivity contribution < 1.29 is 4.79 Å². The van der Waals surface area contributed by atoms with Crippen molar-refractivity contribution in [1.82, 2.24) is 4.57 Å². The molecule has 4 nitrogen and oxygen atoms in total. The average molecular weight is 437 g/mol. The van der Waals surface area contributed by atoms with E-state index in [0.717, 1.165) is 27.9 Å². The number of aromatic nitrogens is 1. The Morgan fingerprint density at radius 1 is 0.818 bits per heavy atom. The van der Waals surface area contributed by atoms with E-state index in [1.54, 1.807) is 6.07 Å². The van der Waals surface area contributed by atoms with Gasteiger partial charge in [0, 0.05) is 24.0 Å². The quantitative estimate of drug-likeness (QED) is 0.414. The molecule has 0 saturated carbocycles. The fourth-order valence-corrected chi connectivity index (χ4v) is 4.06. The number of anilines is 1. The first-order valence-electron chi connectivity index (χ1n) is 11.1. The molecule has 166 valence electrons. The number of hydrogen-bond donors (Lipinski definition) is 1. The molecule has 4 aromatic rings. The molecule has 4 heteroatoms. The van der Waals surface area contributed by atoms with Crippen LogP contribution >= 0.6 is 0 Å². The highest BCUT2D eigenvalue weighted by Crippen LogP contribution is 2.27. The molecule has 1 amide bonds. The Hall–Kier alpha value is -3.92. The molecule has 1 aromatic heterocycles. The van der Waals surface area contributed by atoms with Gasteiger partial charge in [-0.2, -0.15) is 0 Å². The van der Waals surface area contributed by atoms with Crippen LogP contribution in [0.15, 0.2) is 83.7 Å². The zero-order valence-corrected chi connectivity index (χ0v) is 19.5. The number of hydrogen-bond acceptors (Lipinski definition) is 2. The molecule has 0 unspecified atom stereocenters. The molecule has 0 aliphatic rings. The predicted molar refractivity (Wildman–Crippen MR) is 135 cm³/mol. The third kappa shape index (κ3) is 4.80. The summed E-state index contributed by atoms with van der Waals surface area (Å²) >= 11 is 0. The summed E-state index contributed by atoms with van der Waals surface area (Å²) < 4.78 is 2.06. The smallest absolute Gasteiger partial charge is 0.261 e. The van der Waals surface area contributed by atoms with E-state index in [2.05, 4.69) is 41.1 Å². The highest BCUT2D eigenvalue weighted by molar-refractivity contribution is 6.08.